The normalized spacial score (nSPS) is 12.0. The van der Waals surface area contributed by atoms with Gasteiger partial charge in [-0.1, -0.05) is 63.2 Å². The molecule has 0 aliphatic heterocycles. The van der Waals surface area contributed by atoms with Crippen LogP contribution in [0, 0.1) is 5.41 Å². The smallest absolute Gasteiger partial charge is 0.332 e. The van der Waals surface area contributed by atoms with Gasteiger partial charge in [-0.2, -0.15) is 0 Å². The third kappa shape index (κ3) is 4.99. The average molecular weight is 310 g/mol. The first kappa shape index (κ1) is 16.8. The summed E-state index contributed by atoms with van der Waals surface area (Å²) in [4.78, 5) is 11.4. The molecule has 1 N–H and O–H groups in total. The van der Waals surface area contributed by atoms with E-state index in [2.05, 4.69) is 0 Å². The van der Waals surface area contributed by atoms with Crippen LogP contribution in [0.1, 0.15) is 31.9 Å². The number of rotatable bonds is 5. The van der Waals surface area contributed by atoms with Gasteiger partial charge in [0.15, 0.2) is 0 Å². The molecule has 0 unspecified atom stereocenters. The van der Waals surface area contributed by atoms with E-state index in [4.69, 9.17) is 4.74 Å². The molecule has 0 saturated carbocycles. The van der Waals surface area contributed by atoms with Crippen molar-refractivity contribution in [3.8, 4) is 5.75 Å². The van der Waals surface area contributed by atoms with Gasteiger partial charge in [0.05, 0.1) is 0 Å². The van der Waals surface area contributed by atoms with Crippen LogP contribution in [0.2, 0.25) is 0 Å². The summed E-state index contributed by atoms with van der Waals surface area (Å²) in [5, 5.41) is 9.34. The topological polar surface area (TPSA) is 46.5 Å². The minimum Gasteiger partial charge on any atom is -0.489 e. The third-order valence-electron chi connectivity index (χ3n) is 3.48. The number of aliphatic carboxylic acids is 1. The summed E-state index contributed by atoms with van der Waals surface area (Å²) in [5.41, 5.74) is 1.94. The molecule has 2 aromatic rings. The average Bonchev–Trinajstić information content (AvgIpc) is 2.51. The van der Waals surface area contributed by atoms with Gasteiger partial charge >= 0.3 is 5.97 Å². The first-order valence-electron chi connectivity index (χ1n) is 7.58. The fourth-order valence-electron chi connectivity index (χ4n) is 2.17. The van der Waals surface area contributed by atoms with Crippen LogP contribution in [-0.2, 0) is 11.4 Å². The molecule has 120 valence electrons. The fourth-order valence-corrected chi connectivity index (χ4v) is 2.17. The number of carbonyl (C=O) groups is 1. The molecule has 0 aromatic heterocycles. The van der Waals surface area contributed by atoms with Crippen molar-refractivity contribution in [1.29, 1.82) is 0 Å². The summed E-state index contributed by atoms with van der Waals surface area (Å²) in [6.45, 7) is 6.19. The molecule has 0 spiro atoms. The van der Waals surface area contributed by atoms with Gasteiger partial charge in [0.1, 0.15) is 12.4 Å². The molecular weight excluding hydrogens is 288 g/mol. The molecule has 0 saturated heterocycles. The van der Waals surface area contributed by atoms with E-state index in [9.17, 15) is 9.90 Å². The van der Waals surface area contributed by atoms with Crippen molar-refractivity contribution in [1.82, 2.24) is 0 Å². The van der Waals surface area contributed by atoms with E-state index >= 15 is 0 Å². The maximum atomic E-state index is 11.4. The largest absolute Gasteiger partial charge is 0.489 e. The fraction of sp³-hybridized carbons (Fsp3) is 0.250. The Kier molecular flexibility index (Phi) is 5.22. The van der Waals surface area contributed by atoms with Crippen molar-refractivity contribution in [3.05, 3.63) is 71.3 Å². The van der Waals surface area contributed by atoms with Gasteiger partial charge in [-0.3, -0.25) is 0 Å². The number of carboxylic acid groups (broad SMARTS) is 1. The molecule has 0 radical (unpaired) electrons. The van der Waals surface area contributed by atoms with Crippen molar-refractivity contribution in [3.63, 3.8) is 0 Å². The van der Waals surface area contributed by atoms with E-state index < -0.39 is 11.4 Å². The van der Waals surface area contributed by atoms with Crippen LogP contribution in [0.25, 0.3) is 6.08 Å². The van der Waals surface area contributed by atoms with E-state index in [0.717, 1.165) is 16.9 Å². The molecule has 23 heavy (non-hydrogen) atoms. The van der Waals surface area contributed by atoms with Gasteiger partial charge in [-0.15, -0.1) is 0 Å². The third-order valence-corrected chi connectivity index (χ3v) is 3.48. The van der Waals surface area contributed by atoms with E-state index in [1.54, 1.807) is 6.08 Å². The molecule has 0 heterocycles. The summed E-state index contributed by atoms with van der Waals surface area (Å²) in [5.74, 6) is -0.124. The second-order valence-electron chi connectivity index (χ2n) is 6.46. The Morgan fingerprint density at radius 1 is 1.04 bits per heavy atom. The second-order valence-corrected chi connectivity index (χ2v) is 6.46. The zero-order valence-corrected chi connectivity index (χ0v) is 13.7. The highest BCUT2D eigenvalue weighted by atomic mass is 16.5. The summed E-state index contributed by atoms with van der Waals surface area (Å²) >= 11 is 0. The lowest BCUT2D eigenvalue weighted by Gasteiger charge is -2.19. The molecule has 0 atom stereocenters. The van der Waals surface area contributed by atoms with Crippen molar-refractivity contribution < 1.29 is 14.6 Å². The Bertz CT molecular complexity index is 677. The molecular formula is C20H22O3. The lowest BCUT2D eigenvalue weighted by Crippen LogP contribution is -2.17. The molecule has 2 aromatic carbocycles. The number of carboxylic acids is 1. The SMILES string of the molecule is CC(C)(C)C(=Cc1ccc(OCc2ccccc2)cc1)C(=O)O. The molecule has 3 heteroatoms. The molecule has 0 fully saturated rings. The number of hydrogen-bond donors (Lipinski definition) is 1. The summed E-state index contributed by atoms with van der Waals surface area (Å²) in [6.07, 6.45) is 1.71. The van der Waals surface area contributed by atoms with Crippen LogP contribution in [0.15, 0.2) is 60.2 Å². The molecule has 2 rings (SSSR count). The lowest BCUT2D eigenvalue weighted by atomic mass is 9.85. The maximum Gasteiger partial charge on any atom is 0.332 e. The first-order chi connectivity index (χ1) is 10.9. The predicted molar refractivity (Wildman–Crippen MR) is 92.3 cm³/mol. The van der Waals surface area contributed by atoms with Crippen molar-refractivity contribution in [2.24, 2.45) is 5.41 Å². The van der Waals surface area contributed by atoms with E-state index in [1.165, 1.54) is 0 Å². The zero-order valence-electron chi connectivity index (χ0n) is 13.7. The van der Waals surface area contributed by atoms with Gasteiger partial charge in [0.2, 0.25) is 0 Å². The molecule has 0 aliphatic rings. The van der Waals surface area contributed by atoms with Crippen LogP contribution >= 0.6 is 0 Å². The van der Waals surface area contributed by atoms with Crippen LogP contribution < -0.4 is 4.74 Å². The zero-order chi connectivity index (χ0) is 16.9. The van der Waals surface area contributed by atoms with Crippen molar-refractivity contribution >= 4 is 12.0 Å². The van der Waals surface area contributed by atoms with Gasteiger partial charge in [-0.25, -0.2) is 4.79 Å². The number of benzene rings is 2. The van der Waals surface area contributed by atoms with Crippen LogP contribution in [0.3, 0.4) is 0 Å². The molecule has 0 aliphatic carbocycles. The first-order valence-corrected chi connectivity index (χ1v) is 7.58. The summed E-state index contributed by atoms with van der Waals surface area (Å²) < 4.78 is 5.73. The number of hydrogen-bond acceptors (Lipinski definition) is 2. The lowest BCUT2D eigenvalue weighted by molar-refractivity contribution is -0.133. The van der Waals surface area contributed by atoms with Crippen LogP contribution in [-0.4, -0.2) is 11.1 Å². The monoisotopic (exact) mass is 310 g/mol. The Labute approximate surface area is 137 Å². The molecule has 3 nitrogen and oxygen atoms in total. The van der Waals surface area contributed by atoms with E-state index in [-0.39, 0.29) is 0 Å². The predicted octanol–water partition coefficient (Wildman–Crippen LogP) is 4.78. The standard InChI is InChI=1S/C20H22O3/c1-20(2,3)18(19(21)22)13-15-9-11-17(12-10-15)23-14-16-7-5-4-6-8-16/h4-13H,14H2,1-3H3,(H,21,22). The van der Waals surface area contributed by atoms with Crippen molar-refractivity contribution in [2.75, 3.05) is 0 Å². The van der Waals surface area contributed by atoms with Gasteiger partial charge in [0, 0.05) is 5.57 Å². The minimum atomic E-state index is -0.887. The minimum absolute atomic E-state index is 0.385. The number of ether oxygens (including phenoxy) is 1. The van der Waals surface area contributed by atoms with E-state index in [1.807, 2.05) is 75.4 Å². The highest BCUT2D eigenvalue weighted by Gasteiger charge is 2.23. The van der Waals surface area contributed by atoms with Gasteiger partial charge < -0.3 is 9.84 Å². The van der Waals surface area contributed by atoms with Crippen LogP contribution in [0.5, 0.6) is 5.75 Å². The van der Waals surface area contributed by atoms with E-state index in [0.29, 0.717) is 12.2 Å². The van der Waals surface area contributed by atoms with Gasteiger partial charge in [-0.05, 0) is 34.8 Å². The highest BCUT2D eigenvalue weighted by Crippen LogP contribution is 2.28. The Hall–Kier alpha value is -2.55. The summed E-state index contributed by atoms with van der Waals surface area (Å²) in [7, 11) is 0. The second kappa shape index (κ2) is 7.14. The highest BCUT2D eigenvalue weighted by molar-refractivity contribution is 5.93. The Morgan fingerprint density at radius 3 is 2.17 bits per heavy atom. The van der Waals surface area contributed by atoms with Gasteiger partial charge in [0.25, 0.3) is 0 Å². The van der Waals surface area contributed by atoms with Crippen LogP contribution in [0.4, 0.5) is 0 Å². The summed E-state index contributed by atoms with van der Waals surface area (Å²) in [6, 6.07) is 17.4. The van der Waals surface area contributed by atoms with Crippen molar-refractivity contribution in [2.45, 2.75) is 27.4 Å². The quantitative estimate of drug-likeness (QED) is 0.808. The maximum absolute atomic E-state index is 11.4. The Morgan fingerprint density at radius 2 is 1.65 bits per heavy atom. The molecule has 0 bridgehead atoms. The molecule has 0 amide bonds. The Balaban J connectivity index is 2.08.